The van der Waals surface area contributed by atoms with Crippen molar-refractivity contribution in [1.82, 2.24) is 9.97 Å². The molecule has 0 saturated heterocycles. The predicted octanol–water partition coefficient (Wildman–Crippen LogP) is 4.25. The number of carbonyl (C=O) groups is 1. The van der Waals surface area contributed by atoms with Crippen molar-refractivity contribution >= 4 is 23.4 Å². The second kappa shape index (κ2) is 8.68. The summed E-state index contributed by atoms with van der Waals surface area (Å²) in [4.78, 5) is 31.9. The molecule has 3 rings (SSSR count). The number of rotatable bonds is 6. The summed E-state index contributed by atoms with van der Waals surface area (Å²) < 4.78 is 0. The van der Waals surface area contributed by atoms with E-state index in [9.17, 15) is 9.59 Å². The highest BCUT2D eigenvalue weighted by atomic mass is 32.2. The van der Waals surface area contributed by atoms with Crippen molar-refractivity contribution in [2.24, 2.45) is 0 Å². The smallest absolute Gasteiger partial charge is 0.252 e. The molecule has 1 atom stereocenters. The van der Waals surface area contributed by atoms with Crippen LogP contribution in [0.15, 0.2) is 70.6 Å². The fourth-order valence-corrected chi connectivity index (χ4v) is 3.56. The average Bonchev–Trinajstić information content (AvgIpc) is 2.66. The molecule has 0 bridgehead atoms. The minimum absolute atomic E-state index is 0.110. The summed E-state index contributed by atoms with van der Waals surface area (Å²) in [6.07, 6.45) is 0.613. The molecule has 2 aromatic carbocycles. The van der Waals surface area contributed by atoms with Gasteiger partial charge in [-0.25, -0.2) is 4.98 Å². The molecule has 0 aliphatic heterocycles. The zero-order valence-corrected chi connectivity index (χ0v) is 16.0. The average molecular weight is 379 g/mol. The first-order chi connectivity index (χ1) is 13.0. The second-order valence-corrected chi connectivity index (χ2v) is 7.37. The number of aromatic nitrogens is 2. The van der Waals surface area contributed by atoms with Crippen molar-refractivity contribution < 1.29 is 4.79 Å². The van der Waals surface area contributed by atoms with Crippen LogP contribution in [0.4, 0.5) is 5.69 Å². The van der Waals surface area contributed by atoms with E-state index < -0.39 is 0 Å². The number of carbonyl (C=O) groups excluding carboxylic acids is 1. The number of nitrogens with zero attached hydrogens (tertiary/aromatic N) is 1. The van der Waals surface area contributed by atoms with E-state index in [0.717, 1.165) is 16.8 Å². The number of anilines is 1. The van der Waals surface area contributed by atoms with E-state index in [1.807, 2.05) is 68.4 Å². The Balaban J connectivity index is 1.79. The molecule has 1 heterocycles. The van der Waals surface area contributed by atoms with Crippen LogP contribution in [0.3, 0.4) is 0 Å². The molecule has 138 valence electrons. The molecule has 1 unspecified atom stereocenters. The van der Waals surface area contributed by atoms with Gasteiger partial charge in [0.25, 0.3) is 5.56 Å². The molecular formula is C21H21N3O2S. The van der Waals surface area contributed by atoms with Crippen molar-refractivity contribution in [1.29, 1.82) is 0 Å². The lowest BCUT2D eigenvalue weighted by atomic mass is 10.1. The Morgan fingerprint density at radius 2 is 1.93 bits per heavy atom. The third kappa shape index (κ3) is 5.08. The number of nitrogens with one attached hydrogen (secondary N) is 2. The van der Waals surface area contributed by atoms with Crippen LogP contribution in [0.1, 0.15) is 18.9 Å². The molecule has 1 aromatic heterocycles. The van der Waals surface area contributed by atoms with E-state index in [0.29, 0.717) is 17.3 Å². The largest absolute Gasteiger partial charge is 0.325 e. The molecule has 0 radical (unpaired) electrons. The first kappa shape index (κ1) is 18.9. The van der Waals surface area contributed by atoms with Crippen LogP contribution in [-0.2, 0) is 4.79 Å². The monoisotopic (exact) mass is 379 g/mol. The SMILES string of the molecule is CCC(Sc1nc(-c2ccccc2)cc(=O)[nH]1)C(=O)Nc1cccc(C)c1. The number of aromatic amines is 1. The van der Waals surface area contributed by atoms with Crippen LogP contribution < -0.4 is 10.9 Å². The molecule has 2 N–H and O–H groups in total. The summed E-state index contributed by atoms with van der Waals surface area (Å²) in [5.41, 5.74) is 3.06. The Kier molecular flexibility index (Phi) is 6.08. The van der Waals surface area contributed by atoms with Gasteiger partial charge < -0.3 is 10.3 Å². The van der Waals surface area contributed by atoms with Crippen LogP contribution >= 0.6 is 11.8 Å². The highest BCUT2D eigenvalue weighted by Crippen LogP contribution is 2.25. The van der Waals surface area contributed by atoms with E-state index in [4.69, 9.17) is 0 Å². The van der Waals surface area contributed by atoms with Crippen molar-refractivity contribution in [3.05, 3.63) is 76.6 Å². The Bertz CT molecular complexity index is 986. The molecule has 0 aliphatic rings. The molecule has 0 saturated carbocycles. The Labute approximate surface area is 162 Å². The molecule has 27 heavy (non-hydrogen) atoms. The quantitative estimate of drug-likeness (QED) is 0.496. The summed E-state index contributed by atoms with van der Waals surface area (Å²) in [5.74, 6) is -0.110. The Morgan fingerprint density at radius 1 is 1.15 bits per heavy atom. The zero-order chi connectivity index (χ0) is 19.2. The van der Waals surface area contributed by atoms with Crippen LogP contribution in [0.25, 0.3) is 11.3 Å². The van der Waals surface area contributed by atoms with Crippen molar-refractivity contribution in [3.8, 4) is 11.3 Å². The van der Waals surface area contributed by atoms with E-state index in [1.54, 1.807) is 0 Å². The number of H-pyrrole nitrogens is 1. The first-order valence-electron chi connectivity index (χ1n) is 8.76. The molecule has 0 spiro atoms. The lowest BCUT2D eigenvalue weighted by molar-refractivity contribution is -0.115. The van der Waals surface area contributed by atoms with Gasteiger partial charge in [0.1, 0.15) is 0 Å². The van der Waals surface area contributed by atoms with Crippen molar-refractivity contribution in [3.63, 3.8) is 0 Å². The first-order valence-corrected chi connectivity index (χ1v) is 9.64. The maximum absolute atomic E-state index is 12.6. The van der Waals surface area contributed by atoms with Gasteiger partial charge in [0.2, 0.25) is 5.91 Å². The summed E-state index contributed by atoms with van der Waals surface area (Å²) in [6, 6.07) is 18.6. The van der Waals surface area contributed by atoms with Crippen LogP contribution in [0.5, 0.6) is 0 Å². The fraction of sp³-hybridized carbons (Fsp3) is 0.190. The fourth-order valence-electron chi connectivity index (χ4n) is 2.65. The molecule has 5 nitrogen and oxygen atoms in total. The van der Waals surface area contributed by atoms with Gasteiger partial charge in [-0.05, 0) is 31.0 Å². The van der Waals surface area contributed by atoms with Gasteiger partial charge in [-0.1, -0.05) is 61.2 Å². The van der Waals surface area contributed by atoms with E-state index in [2.05, 4.69) is 15.3 Å². The van der Waals surface area contributed by atoms with Crippen LogP contribution in [0, 0.1) is 6.92 Å². The minimum Gasteiger partial charge on any atom is -0.325 e. The maximum atomic E-state index is 12.6. The standard InChI is InChI=1S/C21H21N3O2S/c1-3-18(20(26)22-16-11-7-8-14(2)12-16)27-21-23-17(13-19(25)24-21)15-9-5-4-6-10-15/h4-13,18H,3H2,1-2H3,(H,22,26)(H,23,24,25). The third-order valence-electron chi connectivity index (χ3n) is 3.99. The molecule has 1 amide bonds. The van der Waals surface area contributed by atoms with E-state index in [-0.39, 0.29) is 16.7 Å². The maximum Gasteiger partial charge on any atom is 0.252 e. The highest BCUT2D eigenvalue weighted by molar-refractivity contribution is 8.00. The molecule has 3 aromatic rings. The minimum atomic E-state index is -0.361. The molecule has 6 heteroatoms. The number of hydrogen-bond acceptors (Lipinski definition) is 4. The van der Waals surface area contributed by atoms with Crippen molar-refractivity contribution in [2.45, 2.75) is 30.7 Å². The topological polar surface area (TPSA) is 74.8 Å². The van der Waals surface area contributed by atoms with Gasteiger partial charge in [-0.15, -0.1) is 0 Å². The summed E-state index contributed by atoms with van der Waals surface area (Å²) in [6.45, 7) is 3.91. The number of amides is 1. The lowest BCUT2D eigenvalue weighted by Gasteiger charge is -2.14. The van der Waals surface area contributed by atoms with Gasteiger partial charge in [0, 0.05) is 17.3 Å². The number of hydrogen-bond donors (Lipinski definition) is 2. The summed E-state index contributed by atoms with van der Waals surface area (Å²) in [7, 11) is 0. The Hall–Kier alpha value is -2.86. The third-order valence-corrected chi connectivity index (χ3v) is 5.24. The van der Waals surface area contributed by atoms with E-state index in [1.165, 1.54) is 17.8 Å². The summed E-state index contributed by atoms with van der Waals surface area (Å²) in [5, 5.41) is 3.01. The molecular weight excluding hydrogens is 358 g/mol. The zero-order valence-electron chi connectivity index (χ0n) is 15.2. The second-order valence-electron chi connectivity index (χ2n) is 6.18. The summed E-state index contributed by atoms with van der Waals surface area (Å²) >= 11 is 1.26. The Morgan fingerprint density at radius 3 is 2.63 bits per heavy atom. The molecule has 0 aliphatic carbocycles. The van der Waals surface area contributed by atoms with Gasteiger partial charge in [0.15, 0.2) is 5.16 Å². The highest BCUT2D eigenvalue weighted by Gasteiger charge is 2.20. The van der Waals surface area contributed by atoms with Gasteiger partial charge in [-0.2, -0.15) is 0 Å². The van der Waals surface area contributed by atoms with Gasteiger partial charge in [0.05, 0.1) is 10.9 Å². The molecule has 0 fully saturated rings. The number of aryl methyl sites for hydroxylation is 1. The predicted molar refractivity (Wildman–Crippen MR) is 110 cm³/mol. The van der Waals surface area contributed by atoms with Crippen LogP contribution in [-0.4, -0.2) is 21.1 Å². The normalized spacial score (nSPS) is 11.8. The lowest BCUT2D eigenvalue weighted by Crippen LogP contribution is -2.25. The van der Waals surface area contributed by atoms with Crippen LogP contribution in [0.2, 0.25) is 0 Å². The van der Waals surface area contributed by atoms with Crippen molar-refractivity contribution in [2.75, 3.05) is 5.32 Å². The van der Waals surface area contributed by atoms with E-state index >= 15 is 0 Å². The van der Waals surface area contributed by atoms with Gasteiger partial charge in [-0.3, -0.25) is 9.59 Å². The number of benzene rings is 2. The number of thioether (sulfide) groups is 1. The van der Waals surface area contributed by atoms with Gasteiger partial charge >= 0.3 is 0 Å².